The lowest BCUT2D eigenvalue weighted by Gasteiger charge is -2.37. The van der Waals surface area contributed by atoms with E-state index in [9.17, 15) is 4.79 Å². The number of hydrogen-bond acceptors (Lipinski definition) is 8. The molecular weight excluding hydrogens is 394 g/mol. The number of hydrazone groups is 1. The van der Waals surface area contributed by atoms with E-state index in [1.54, 1.807) is 13.3 Å². The number of hydrogen-bond donors (Lipinski definition) is 2. The van der Waals surface area contributed by atoms with Crippen LogP contribution in [0.1, 0.15) is 31.2 Å². The molecule has 3 aliphatic heterocycles. The molecule has 0 bridgehead atoms. The van der Waals surface area contributed by atoms with Gasteiger partial charge in [0, 0.05) is 50.4 Å². The summed E-state index contributed by atoms with van der Waals surface area (Å²) in [5.74, 6) is 1.54. The Labute approximate surface area is 183 Å². The highest BCUT2D eigenvalue weighted by atomic mass is 16.6. The van der Waals surface area contributed by atoms with Crippen LogP contribution in [0.5, 0.6) is 0 Å². The van der Waals surface area contributed by atoms with Crippen molar-refractivity contribution in [2.45, 2.75) is 32.2 Å². The van der Waals surface area contributed by atoms with Crippen molar-refractivity contribution in [3.63, 3.8) is 0 Å². The maximum atomic E-state index is 13.1. The number of nitrogens with two attached hydrogens (primary N) is 1. The smallest absolute Gasteiger partial charge is 0.225 e. The van der Waals surface area contributed by atoms with Gasteiger partial charge in [-0.25, -0.2) is 4.98 Å². The molecule has 0 aliphatic carbocycles. The van der Waals surface area contributed by atoms with E-state index < -0.39 is 0 Å². The topological polar surface area (TPSA) is 108 Å². The first-order valence-electron chi connectivity index (χ1n) is 11.2. The lowest BCUT2D eigenvalue weighted by Crippen LogP contribution is -2.46. The summed E-state index contributed by atoms with van der Waals surface area (Å²) in [7, 11) is 1.59. The van der Waals surface area contributed by atoms with Crippen LogP contribution in [0.2, 0.25) is 0 Å². The maximum Gasteiger partial charge on any atom is 0.225 e. The second-order valence-corrected chi connectivity index (χ2v) is 8.68. The van der Waals surface area contributed by atoms with Gasteiger partial charge in [0.1, 0.15) is 12.9 Å². The molecule has 1 unspecified atom stereocenters. The highest BCUT2D eigenvalue weighted by Crippen LogP contribution is 2.27. The van der Waals surface area contributed by atoms with Gasteiger partial charge in [0.25, 0.3) is 0 Å². The molecule has 3 aliphatic rings. The van der Waals surface area contributed by atoms with Gasteiger partial charge in [0.2, 0.25) is 5.91 Å². The van der Waals surface area contributed by atoms with Crippen molar-refractivity contribution < 1.29 is 9.63 Å². The predicted molar refractivity (Wildman–Crippen MR) is 120 cm³/mol. The summed E-state index contributed by atoms with van der Waals surface area (Å²) in [4.78, 5) is 26.7. The summed E-state index contributed by atoms with van der Waals surface area (Å²) >= 11 is 0. The zero-order valence-electron chi connectivity index (χ0n) is 18.2. The Morgan fingerprint density at radius 2 is 1.97 bits per heavy atom. The molecule has 1 aromatic heterocycles. The summed E-state index contributed by atoms with van der Waals surface area (Å²) in [5, 5.41) is 8.42. The van der Waals surface area contributed by atoms with Gasteiger partial charge in [-0.3, -0.25) is 9.69 Å². The standard InChI is InChI=1S/C22H33N7O2/c1-31-27-21(19-13-25-26-14-19)17-5-10-29(11-6-17)22(30)18-3-8-28(9-4-18)15-16-2-7-24-20(23)12-16/h2,7,12-13,17-19,26H,3-6,8-11,14-15H2,1H3,(H2,23,24)/b27-21-. The van der Waals surface area contributed by atoms with Gasteiger partial charge in [0.05, 0.1) is 11.6 Å². The molecule has 31 heavy (non-hydrogen) atoms. The van der Waals surface area contributed by atoms with Crippen LogP contribution in [0.4, 0.5) is 5.82 Å². The molecule has 1 amide bonds. The molecule has 0 saturated carbocycles. The van der Waals surface area contributed by atoms with E-state index in [1.165, 1.54) is 5.56 Å². The monoisotopic (exact) mass is 427 g/mol. The Morgan fingerprint density at radius 1 is 1.23 bits per heavy atom. The number of likely N-dealkylation sites (tertiary alicyclic amines) is 2. The summed E-state index contributed by atoms with van der Waals surface area (Å²) < 4.78 is 0. The lowest BCUT2D eigenvalue weighted by atomic mass is 9.85. The molecule has 2 fully saturated rings. The van der Waals surface area contributed by atoms with E-state index in [1.807, 2.05) is 18.3 Å². The Bertz CT molecular complexity index is 812. The number of pyridine rings is 1. The van der Waals surface area contributed by atoms with Crippen molar-refractivity contribution in [3.05, 3.63) is 23.9 Å². The quantitative estimate of drug-likeness (QED) is 0.524. The minimum atomic E-state index is 0.133. The number of piperidine rings is 2. The lowest BCUT2D eigenvalue weighted by molar-refractivity contribution is -0.138. The molecule has 4 heterocycles. The van der Waals surface area contributed by atoms with Gasteiger partial charge in [-0.05, 0) is 56.5 Å². The number of carbonyl (C=O) groups excluding carboxylic acids is 1. The van der Waals surface area contributed by atoms with E-state index in [4.69, 9.17) is 10.6 Å². The number of anilines is 1. The number of aromatic nitrogens is 1. The molecule has 0 aromatic carbocycles. The summed E-state index contributed by atoms with van der Waals surface area (Å²) in [6.07, 6.45) is 7.35. The Morgan fingerprint density at radius 3 is 2.61 bits per heavy atom. The minimum absolute atomic E-state index is 0.133. The number of nitrogens with one attached hydrogen (secondary N) is 1. The third-order valence-electron chi connectivity index (χ3n) is 6.65. The Kier molecular flexibility index (Phi) is 7.01. The van der Waals surface area contributed by atoms with Gasteiger partial charge in [-0.1, -0.05) is 5.16 Å². The fraction of sp³-hybridized carbons (Fsp3) is 0.636. The molecule has 168 valence electrons. The van der Waals surface area contributed by atoms with Gasteiger partial charge >= 0.3 is 0 Å². The third-order valence-corrected chi connectivity index (χ3v) is 6.65. The van der Waals surface area contributed by atoms with Crippen molar-refractivity contribution in [1.82, 2.24) is 20.2 Å². The zero-order chi connectivity index (χ0) is 21.6. The minimum Gasteiger partial charge on any atom is -0.399 e. The largest absolute Gasteiger partial charge is 0.399 e. The summed E-state index contributed by atoms with van der Waals surface area (Å²) in [6, 6.07) is 3.93. The van der Waals surface area contributed by atoms with Crippen LogP contribution < -0.4 is 11.2 Å². The van der Waals surface area contributed by atoms with E-state index in [2.05, 4.69) is 30.5 Å². The molecule has 2 saturated heterocycles. The fourth-order valence-electron chi connectivity index (χ4n) is 4.92. The molecular formula is C22H33N7O2. The normalized spacial score (nSPS) is 23.7. The second-order valence-electron chi connectivity index (χ2n) is 8.68. The first kappa shape index (κ1) is 21.5. The first-order chi connectivity index (χ1) is 15.1. The van der Waals surface area contributed by atoms with E-state index in [-0.39, 0.29) is 11.8 Å². The highest BCUT2D eigenvalue weighted by Gasteiger charge is 2.34. The van der Waals surface area contributed by atoms with Gasteiger partial charge < -0.3 is 20.9 Å². The highest BCUT2D eigenvalue weighted by molar-refractivity contribution is 6.00. The molecule has 9 heteroatoms. The van der Waals surface area contributed by atoms with Crippen molar-refractivity contribution in [2.24, 2.45) is 28.0 Å². The SMILES string of the molecule is CO/N=C(\C1C=NNC1)C1CCN(C(=O)C2CCN(Cc3ccnc(N)c3)CC2)CC1. The van der Waals surface area contributed by atoms with Crippen LogP contribution in [-0.2, 0) is 16.2 Å². The summed E-state index contributed by atoms with van der Waals surface area (Å²) in [5.41, 5.74) is 11.0. The van der Waals surface area contributed by atoms with Crippen molar-refractivity contribution in [1.29, 1.82) is 0 Å². The average Bonchev–Trinajstić information content (AvgIpc) is 3.32. The Balaban J connectivity index is 1.25. The van der Waals surface area contributed by atoms with Crippen LogP contribution >= 0.6 is 0 Å². The van der Waals surface area contributed by atoms with E-state index >= 15 is 0 Å². The molecule has 4 rings (SSSR count). The van der Waals surface area contributed by atoms with Crippen LogP contribution in [0.25, 0.3) is 0 Å². The van der Waals surface area contributed by atoms with Crippen molar-refractivity contribution in [2.75, 3.05) is 45.6 Å². The number of amides is 1. The molecule has 0 radical (unpaired) electrons. The van der Waals surface area contributed by atoms with Gasteiger partial charge in [0.15, 0.2) is 0 Å². The van der Waals surface area contributed by atoms with Gasteiger partial charge in [-0.2, -0.15) is 5.10 Å². The number of carbonyl (C=O) groups is 1. The molecule has 0 spiro atoms. The predicted octanol–water partition coefficient (Wildman–Crippen LogP) is 1.32. The third kappa shape index (κ3) is 5.33. The molecule has 3 N–H and O–H groups in total. The van der Waals surface area contributed by atoms with Crippen molar-refractivity contribution in [3.8, 4) is 0 Å². The number of nitrogens with zero attached hydrogens (tertiary/aromatic N) is 5. The first-order valence-corrected chi connectivity index (χ1v) is 11.2. The number of oxime groups is 1. The molecule has 9 nitrogen and oxygen atoms in total. The second kappa shape index (κ2) is 10.1. The number of rotatable bonds is 6. The maximum absolute atomic E-state index is 13.1. The zero-order valence-corrected chi connectivity index (χ0v) is 18.2. The Hall–Kier alpha value is -2.68. The van der Waals surface area contributed by atoms with Gasteiger partial charge in [-0.15, -0.1) is 0 Å². The van der Waals surface area contributed by atoms with E-state index in [0.717, 1.165) is 70.7 Å². The van der Waals surface area contributed by atoms with Crippen LogP contribution in [-0.4, -0.2) is 72.5 Å². The molecule has 1 aromatic rings. The van der Waals surface area contributed by atoms with Crippen LogP contribution in [0, 0.1) is 17.8 Å². The average molecular weight is 428 g/mol. The number of nitrogen functional groups attached to an aromatic ring is 1. The van der Waals surface area contributed by atoms with Crippen LogP contribution in [0.15, 0.2) is 28.6 Å². The fourth-order valence-corrected chi connectivity index (χ4v) is 4.92. The molecule has 1 atom stereocenters. The van der Waals surface area contributed by atoms with Crippen molar-refractivity contribution >= 4 is 23.7 Å². The summed E-state index contributed by atoms with van der Waals surface area (Å²) in [6.45, 7) is 5.09. The van der Waals surface area contributed by atoms with E-state index in [0.29, 0.717) is 17.6 Å². The van der Waals surface area contributed by atoms with Crippen LogP contribution in [0.3, 0.4) is 0 Å².